The molecule has 8 heteroatoms. The molecule has 1 amide bonds. The molecule has 4 rings (SSSR count). The molecular formula is C28H39FN4O3. The van der Waals surface area contributed by atoms with Crippen LogP contribution >= 0.6 is 0 Å². The summed E-state index contributed by atoms with van der Waals surface area (Å²) in [6.07, 6.45) is 1.22. The standard InChI is InChI=1S/C28H39FN4O3/c1-5-30-14-16-31(17-15-30)25-20(3)26(33(21(25)4)19-22-8-7-9-24(29)18-22)27(34)32-12-10-23(11-13-32)28(35)36-6-2/h7-9,18,23H,5-6,10-17,19H2,1-4H3. The molecule has 0 radical (unpaired) electrons. The van der Waals surface area contributed by atoms with Crippen molar-refractivity contribution >= 4 is 17.6 Å². The van der Waals surface area contributed by atoms with E-state index in [0.29, 0.717) is 44.8 Å². The van der Waals surface area contributed by atoms with Crippen molar-refractivity contribution < 1.29 is 18.7 Å². The van der Waals surface area contributed by atoms with E-state index < -0.39 is 0 Å². The number of ether oxygens (including phenoxy) is 1. The first kappa shape index (κ1) is 26.2. The van der Waals surface area contributed by atoms with E-state index in [9.17, 15) is 14.0 Å². The van der Waals surface area contributed by atoms with E-state index in [-0.39, 0.29) is 23.6 Å². The van der Waals surface area contributed by atoms with Gasteiger partial charge in [-0.2, -0.15) is 0 Å². The fourth-order valence-electron chi connectivity index (χ4n) is 5.65. The minimum absolute atomic E-state index is 0.0206. The molecule has 2 aliphatic heterocycles. The maximum Gasteiger partial charge on any atom is 0.309 e. The van der Waals surface area contributed by atoms with Crippen LogP contribution in [0, 0.1) is 25.6 Å². The third kappa shape index (κ3) is 5.43. The van der Waals surface area contributed by atoms with Gasteiger partial charge in [-0.3, -0.25) is 9.59 Å². The van der Waals surface area contributed by atoms with Gasteiger partial charge < -0.3 is 24.0 Å². The van der Waals surface area contributed by atoms with E-state index >= 15 is 0 Å². The number of carbonyl (C=O) groups excluding carboxylic acids is 2. The lowest BCUT2D eigenvalue weighted by Gasteiger charge is -2.36. The minimum Gasteiger partial charge on any atom is -0.466 e. The third-order valence-electron chi connectivity index (χ3n) is 7.70. The molecule has 7 nitrogen and oxygen atoms in total. The third-order valence-corrected chi connectivity index (χ3v) is 7.70. The lowest BCUT2D eigenvalue weighted by molar-refractivity contribution is -0.149. The number of hydrogen-bond acceptors (Lipinski definition) is 5. The lowest BCUT2D eigenvalue weighted by Crippen LogP contribution is -2.46. The number of esters is 1. The van der Waals surface area contributed by atoms with Gasteiger partial charge in [-0.1, -0.05) is 19.1 Å². The second kappa shape index (κ2) is 11.5. The number of carbonyl (C=O) groups is 2. The van der Waals surface area contributed by atoms with Crippen molar-refractivity contribution in [3.05, 3.63) is 52.6 Å². The Morgan fingerprint density at radius 2 is 1.72 bits per heavy atom. The summed E-state index contributed by atoms with van der Waals surface area (Å²) >= 11 is 0. The molecule has 2 saturated heterocycles. The highest BCUT2D eigenvalue weighted by atomic mass is 19.1. The molecule has 1 aromatic heterocycles. The summed E-state index contributed by atoms with van der Waals surface area (Å²) in [7, 11) is 0. The monoisotopic (exact) mass is 498 g/mol. The fourth-order valence-corrected chi connectivity index (χ4v) is 5.65. The summed E-state index contributed by atoms with van der Waals surface area (Å²) in [5.74, 6) is -0.618. The number of halogens is 1. The number of piperidine rings is 1. The van der Waals surface area contributed by atoms with E-state index in [4.69, 9.17) is 4.74 Å². The van der Waals surface area contributed by atoms with Crippen molar-refractivity contribution in [1.29, 1.82) is 0 Å². The summed E-state index contributed by atoms with van der Waals surface area (Å²) in [6.45, 7) is 14.8. The molecule has 2 fully saturated rings. The van der Waals surface area contributed by atoms with Crippen molar-refractivity contribution in [1.82, 2.24) is 14.4 Å². The van der Waals surface area contributed by atoms with Gasteiger partial charge in [0.15, 0.2) is 0 Å². The maximum atomic E-state index is 14.0. The number of amides is 1. The van der Waals surface area contributed by atoms with Crippen LogP contribution in [-0.2, 0) is 16.1 Å². The van der Waals surface area contributed by atoms with E-state index in [1.54, 1.807) is 6.07 Å². The van der Waals surface area contributed by atoms with E-state index in [0.717, 1.165) is 55.2 Å². The van der Waals surface area contributed by atoms with Gasteiger partial charge in [-0.05, 0) is 57.9 Å². The topological polar surface area (TPSA) is 58.0 Å². The zero-order valence-corrected chi connectivity index (χ0v) is 22.1. The van der Waals surface area contributed by atoms with Crippen molar-refractivity contribution in [2.45, 2.75) is 47.1 Å². The predicted molar refractivity (Wildman–Crippen MR) is 139 cm³/mol. The summed E-state index contributed by atoms with van der Waals surface area (Å²) in [5, 5.41) is 0. The first-order valence-electron chi connectivity index (χ1n) is 13.2. The van der Waals surface area contributed by atoms with Crippen LogP contribution in [-0.4, -0.2) is 78.7 Å². The summed E-state index contributed by atoms with van der Waals surface area (Å²) in [4.78, 5) is 32.8. The molecule has 0 aliphatic carbocycles. The molecule has 0 saturated carbocycles. The number of nitrogens with zero attached hydrogens (tertiary/aromatic N) is 4. The Bertz CT molecular complexity index is 1080. The Morgan fingerprint density at radius 3 is 2.33 bits per heavy atom. The van der Waals surface area contributed by atoms with Crippen molar-refractivity contribution in [2.75, 3.05) is 57.3 Å². The second-order valence-electron chi connectivity index (χ2n) is 9.86. The Kier molecular flexibility index (Phi) is 8.34. The Labute approximate surface area is 213 Å². The average Bonchev–Trinajstić information content (AvgIpc) is 3.12. The summed E-state index contributed by atoms with van der Waals surface area (Å²) in [5.41, 5.74) is 4.62. The average molecular weight is 499 g/mol. The molecule has 0 spiro atoms. The highest BCUT2D eigenvalue weighted by Crippen LogP contribution is 2.34. The lowest BCUT2D eigenvalue weighted by atomic mass is 9.96. The first-order valence-corrected chi connectivity index (χ1v) is 13.2. The number of piperazine rings is 1. The van der Waals surface area contributed by atoms with E-state index in [2.05, 4.69) is 28.2 Å². The van der Waals surface area contributed by atoms with Crippen LogP contribution < -0.4 is 4.90 Å². The largest absolute Gasteiger partial charge is 0.466 e. The molecule has 36 heavy (non-hydrogen) atoms. The van der Waals surface area contributed by atoms with E-state index in [1.165, 1.54) is 12.1 Å². The number of anilines is 1. The van der Waals surface area contributed by atoms with E-state index in [1.807, 2.05) is 24.8 Å². The smallest absolute Gasteiger partial charge is 0.309 e. The maximum absolute atomic E-state index is 14.0. The number of hydrogen-bond donors (Lipinski definition) is 0. The molecule has 0 N–H and O–H groups in total. The van der Waals surface area contributed by atoms with Gasteiger partial charge in [0, 0.05) is 57.1 Å². The number of likely N-dealkylation sites (N-methyl/N-ethyl adjacent to an activating group) is 1. The molecule has 2 aromatic rings. The van der Waals surface area contributed by atoms with Crippen LogP contribution in [0.1, 0.15) is 54.0 Å². The molecular weight excluding hydrogens is 459 g/mol. The van der Waals surface area contributed by atoms with Crippen molar-refractivity contribution in [3.8, 4) is 0 Å². The quantitative estimate of drug-likeness (QED) is 0.543. The zero-order chi connectivity index (χ0) is 25.8. The van der Waals surface area contributed by atoms with Crippen molar-refractivity contribution in [3.63, 3.8) is 0 Å². The number of aromatic nitrogens is 1. The van der Waals surface area contributed by atoms with Crippen LogP contribution in [0.25, 0.3) is 0 Å². The Morgan fingerprint density at radius 1 is 1.03 bits per heavy atom. The fraction of sp³-hybridized carbons (Fsp3) is 0.571. The predicted octanol–water partition coefficient (Wildman–Crippen LogP) is 3.85. The summed E-state index contributed by atoms with van der Waals surface area (Å²) < 4.78 is 21.2. The zero-order valence-electron chi connectivity index (χ0n) is 22.1. The molecule has 196 valence electrons. The van der Waals surface area contributed by atoms with Crippen LogP contribution in [0.5, 0.6) is 0 Å². The van der Waals surface area contributed by atoms with Crippen LogP contribution in [0.2, 0.25) is 0 Å². The highest BCUT2D eigenvalue weighted by molar-refractivity contribution is 5.97. The first-order chi connectivity index (χ1) is 17.3. The molecule has 0 unspecified atom stereocenters. The SMILES string of the molecule is CCOC(=O)C1CCN(C(=O)c2c(C)c(N3CCN(CC)CC3)c(C)n2Cc2cccc(F)c2)CC1. The Balaban J connectivity index is 1.64. The van der Waals surface area contributed by atoms with Gasteiger partial charge in [0.2, 0.25) is 0 Å². The van der Waals surface area contributed by atoms with Gasteiger partial charge in [-0.15, -0.1) is 0 Å². The molecule has 3 heterocycles. The normalized spacial score (nSPS) is 17.5. The second-order valence-corrected chi connectivity index (χ2v) is 9.86. The highest BCUT2D eigenvalue weighted by Gasteiger charge is 2.33. The van der Waals surface area contributed by atoms with Gasteiger partial charge in [0.05, 0.1) is 18.2 Å². The van der Waals surface area contributed by atoms with Crippen LogP contribution in [0.3, 0.4) is 0 Å². The number of rotatable bonds is 7. The van der Waals surface area contributed by atoms with Gasteiger partial charge >= 0.3 is 5.97 Å². The number of likely N-dealkylation sites (tertiary alicyclic amines) is 1. The van der Waals surface area contributed by atoms with Crippen LogP contribution in [0.4, 0.5) is 10.1 Å². The van der Waals surface area contributed by atoms with Gasteiger partial charge in [-0.25, -0.2) is 4.39 Å². The summed E-state index contributed by atoms with van der Waals surface area (Å²) in [6, 6.07) is 6.59. The van der Waals surface area contributed by atoms with Crippen molar-refractivity contribution in [2.24, 2.45) is 5.92 Å². The van der Waals surface area contributed by atoms with Crippen LogP contribution in [0.15, 0.2) is 24.3 Å². The molecule has 2 aliphatic rings. The molecule has 0 bridgehead atoms. The van der Waals surface area contributed by atoms with Gasteiger partial charge in [0.25, 0.3) is 5.91 Å². The van der Waals surface area contributed by atoms with Gasteiger partial charge in [0.1, 0.15) is 11.5 Å². The molecule has 1 aromatic carbocycles. The molecule has 0 atom stereocenters. The number of benzene rings is 1. The Hall–Kier alpha value is -2.87. The minimum atomic E-state index is -0.279.